The van der Waals surface area contributed by atoms with Gasteiger partial charge in [-0.2, -0.15) is 5.10 Å². The molecule has 1 fully saturated rings. The van der Waals surface area contributed by atoms with Gasteiger partial charge in [-0.25, -0.2) is 0 Å². The second kappa shape index (κ2) is 6.96. The average molecular weight is 372 g/mol. The van der Waals surface area contributed by atoms with Crippen LogP contribution in [0.3, 0.4) is 0 Å². The van der Waals surface area contributed by atoms with Gasteiger partial charge in [0, 0.05) is 59.4 Å². The Bertz CT molecular complexity index is 1140. The summed E-state index contributed by atoms with van der Waals surface area (Å²) in [5, 5.41) is 11.2. The maximum atomic E-state index is 12.9. The third-order valence-electron chi connectivity index (χ3n) is 5.34. The Labute approximate surface area is 162 Å². The van der Waals surface area contributed by atoms with Gasteiger partial charge in [0.05, 0.1) is 6.20 Å². The molecule has 0 radical (unpaired) electrons. The van der Waals surface area contributed by atoms with Gasteiger partial charge in [-0.05, 0) is 30.3 Å². The molecule has 3 heterocycles. The molecule has 1 N–H and O–H groups in total. The number of hydrogen-bond donors (Lipinski definition) is 1. The van der Waals surface area contributed by atoms with Crippen LogP contribution in [0.5, 0.6) is 5.88 Å². The molecule has 0 saturated carbocycles. The van der Waals surface area contributed by atoms with E-state index < -0.39 is 0 Å². The van der Waals surface area contributed by atoms with Crippen molar-refractivity contribution < 1.29 is 9.53 Å². The predicted octanol–water partition coefficient (Wildman–Crippen LogP) is 3.79. The van der Waals surface area contributed by atoms with Crippen molar-refractivity contribution in [1.82, 2.24) is 20.1 Å². The quantitative estimate of drug-likeness (QED) is 0.594. The van der Waals surface area contributed by atoms with Crippen LogP contribution in [0.15, 0.2) is 60.9 Å². The van der Waals surface area contributed by atoms with Gasteiger partial charge >= 0.3 is 0 Å². The fourth-order valence-electron chi connectivity index (χ4n) is 3.79. The minimum atomic E-state index is 0.0383. The largest absolute Gasteiger partial charge is 0.473 e. The van der Waals surface area contributed by atoms with Crippen molar-refractivity contribution >= 4 is 27.6 Å². The van der Waals surface area contributed by atoms with E-state index in [4.69, 9.17) is 4.74 Å². The van der Waals surface area contributed by atoms with E-state index in [0.29, 0.717) is 19.0 Å². The second-order valence-corrected chi connectivity index (χ2v) is 7.13. The first-order valence-corrected chi connectivity index (χ1v) is 9.51. The van der Waals surface area contributed by atoms with E-state index in [-0.39, 0.29) is 12.0 Å². The van der Waals surface area contributed by atoms with Crippen LogP contribution in [0.25, 0.3) is 21.7 Å². The third-order valence-corrected chi connectivity index (χ3v) is 5.34. The van der Waals surface area contributed by atoms with Gasteiger partial charge in [0.2, 0.25) is 5.88 Å². The maximum Gasteiger partial charge on any atom is 0.253 e. The highest BCUT2D eigenvalue weighted by Crippen LogP contribution is 2.25. The van der Waals surface area contributed by atoms with Crippen LogP contribution in [0.2, 0.25) is 0 Å². The molecule has 0 spiro atoms. The van der Waals surface area contributed by atoms with E-state index in [1.54, 1.807) is 6.20 Å². The number of aromatic amines is 1. The topological polar surface area (TPSA) is 71.1 Å². The highest BCUT2D eigenvalue weighted by atomic mass is 16.5. The van der Waals surface area contributed by atoms with Crippen molar-refractivity contribution in [2.75, 3.05) is 13.1 Å². The number of nitrogens with one attached hydrogen (secondary N) is 1. The number of ether oxygens (including phenoxy) is 1. The standard InChI is InChI=1S/C22H20N4O2/c27-22(16-5-6-20-15(13-16)7-10-23-20)26-11-8-18(9-12-26)28-21-19-4-2-1-3-17(19)14-24-25-21/h1-7,10,13-14,18,23H,8-9,11-12H2. The molecule has 0 unspecified atom stereocenters. The van der Waals surface area contributed by atoms with E-state index in [2.05, 4.69) is 15.2 Å². The molecule has 1 amide bonds. The summed E-state index contributed by atoms with van der Waals surface area (Å²) in [6, 6.07) is 15.7. The summed E-state index contributed by atoms with van der Waals surface area (Å²) in [6.45, 7) is 1.35. The summed E-state index contributed by atoms with van der Waals surface area (Å²) < 4.78 is 6.13. The Hall–Kier alpha value is -3.41. The highest BCUT2D eigenvalue weighted by Gasteiger charge is 2.25. The van der Waals surface area contributed by atoms with Crippen LogP contribution in [0.4, 0.5) is 0 Å². The molecule has 2 aromatic heterocycles. The smallest absolute Gasteiger partial charge is 0.253 e. The fraction of sp³-hybridized carbons (Fsp3) is 0.227. The number of fused-ring (bicyclic) bond motifs is 2. The van der Waals surface area contributed by atoms with Gasteiger partial charge in [0.25, 0.3) is 5.91 Å². The maximum absolute atomic E-state index is 12.9. The number of carbonyl (C=O) groups is 1. The molecule has 6 heteroatoms. The molecule has 6 nitrogen and oxygen atoms in total. The van der Waals surface area contributed by atoms with Crippen LogP contribution >= 0.6 is 0 Å². The van der Waals surface area contributed by atoms with Crippen LogP contribution in [-0.2, 0) is 0 Å². The van der Waals surface area contributed by atoms with Gasteiger partial charge in [-0.15, -0.1) is 5.10 Å². The molecule has 140 valence electrons. The lowest BCUT2D eigenvalue weighted by Crippen LogP contribution is -2.41. The first kappa shape index (κ1) is 16.7. The molecule has 5 rings (SSSR count). The van der Waals surface area contributed by atoms with Gasteiger partial charge in [0.1, 0.15) is 6.10 Å². The Balaban J connectivity index is 1.26. The number of carbonyl (C=O) groups excluding carboxylic acids is 1. The van der Waals surface area contributed by atoms with E-state index in [9.17, 15) is 4.79 Å². The predicted molar refractivity (Wildman–Crippen MR) is 107 cm³/mol. The molecule has 28 heavy (non-hydrogen) atoms. The first-order valence-electron chi connectivity index (χ1n) is 9.51. The van der Waals surface area contributed by atoms with Crippen LogP contribution in [-0.4, -0.2) is 45.2 Å². The molecular weight excluding hydrogens is 352 g/mol. The third kappa shape index (κ3) is 3.07. The van der Waals surface area contributed by atoms with Crippen molar-refractivity contribution in [2.24, 2.45) is 0 Å². The molecule has 4 aromatic rings. The number of benzene rings is 2. The van der Waals surface area contributed by atoms with Gasteiger partial charge in [-0.3, -0.25) is 4.79 Å². The Morgan fingerprint density at radius 1 is 1.07 bits per heavy atom. The molecule has 1 aliphatic rings. The molecular formula is C22H20N4O2. The normalized spacial score (nSPS) is 15.2. The number of hydrogen-bond acceptors (Lipinski definition) is 4. The molecule has 1 saturated heterocycles. The number of aromatic nitrogens is 3. The molecule has 1 aliphatic heterocycles. The molecule has 0 atom stereocenters. The minimum absolute atomic E-state index is 0.0383. The minimum Gasteiger partial charge on any atom is -0.473 e. The number of H-pyrrole nitrogens is 1. The SMILES string of the molecule is O=C(c1ccc2[nH]ccc2c1)N1CCC(Oc2nncc3ccccc23)CC1. The lowest BCUT2D eigenvalue weighted by atomic mass is 10.1. The lowest BCUT2D eigenvalue weighted by molar-refractivity contribution is 0.0589. The lowest BCUT2D eigenvalue weighted by Gasteiger charge is -2.32. The van der Waals surface area contributed by atoms with E-state index in [1.165, 1.54) is 0 Å². The number of likely N-dealkylation sites (tertiary alicyclic amines) is 1. The zero-order valence-corrected chi connectivity index (χ0v) is 15.3. The number of piperidine rings is 1. The zero-order chi connectivity index (χ0) is 18.9. The molecule has 0 bridgehead atoms. The Kier molecular flexibility index (Phi) is 4.16. The first-order chi connectivity index (χ1) is 13.8. The number of nitrogens with zero attached hydrogens (tertiary/aromatic N) is 3. The summed E-state index contributed by atoms with van der Waals surface area (Å²) in [5.41, 5.74) is 1.77. The fourth-order valence-corrected chi connectivity index (χ4v) is 3.79. The summed E-state index contributed by atoms with van der Waals surface area (Å²) in [7, 11) is 0. The van der Waals surface area contributed by atoms with E-state index in [1.807, 2.05) is 59.6 Å². The molecule has 2 aromatic carbocycles. The monoisotopic (exact) mass is 372 g/mol. The van der Waals surface area contributed by atoms with E-state index >= 15 is 0 Å². The summed E-state index contributed by atoms with van der Waals surface area (Å²) in [6.07, 6.45) is 5.23. The summed E-state index contributed by atoms with van der Waals surface area (Å²) in [5.74, 6) is 0.646. The number of rotatable bonds is 3. The second-order valence-electron chi connectivity index (χ2n) is 7.13. The van der Waals surface area contributed by atoms with Crippen molar-refractivity contribution in [1.29, 1.82) is 0 Å². The van der Waals surface area contributed by atoms with Crippen molar-refractivity contribution in [3.8, 4) is 5.88 Å². The van der Waals surface area contributed by atoms with Gasteiger partial charge < -0.3 is 14.6 Å². The van der Waals surface area contributed by atoms with Crippen LogP contribution < -0.4 is 4.74 Å². The van der Waals surface area contributed by atoms with Crippen molar-refractivity contribution in [3.63, 3.8) is 0 Å². The van der Waals surface area contributed by atoms with E-state index in [0.717, 1.165) is 40.1 Å². The zero-order valence-electron chi connectivity index (χ0n) is 15.3. The Morgan fingerprint density at radius 2 is 1.93 bits per heavy atom. The highest BCUT2D eigenvalue weighted by molar-refractivity contribution is 5.98. The van der Waals surface area contributed by atoms with Crippen LogP contribution in [0.1, 0.15) is 23.2 Å². The number of amides is 1. The van der Waals surface area contributed by atoms with Crippen LogP contribution in [0, 0.1) is 0 Å². The van der Waals surface area contributed by atoms with Gasteiger partial charge in [-0.1, -0.05) is 18.2 Å². The van der Waals surface area contributed by atoms with Gasteiger partial charge in [0.15, 0.2) is 0 Å². The molecule has 0 aliphatic carbocycles. The van der Waals surface area contributed by atoms with Crippen molar-refractivity contribution in [2.45, 2.75) is 18.9 Å². The summed E-state index contributed by atoms with van der Waals surface area (Å²) >= 11 is 0. The van der Waals surface area contributed by atoms with Crippen molar-refractivity contribution in [3.05, 3.63) is 66.5 Å². The Morgan fingerprint density at radius 3 is 2.82 bits per heavy atom. The summed E-state index contributed by atoms with van der Waals surface area (Å²) in [4.78, 5) is 17.9. The average Bonchev–Trinajstić information content (AvgIpc) is 3.22.